The first-order valence-electron chi connectivity index (χ1n) is 7.37. The predicted octanol–water partition coefficient (Wildman–Crippen LogP) is 2.37. The fourth-order valence-corrected chi connectivity index (χ4v) is 2.71. The van der Waals surface area contributed by atoms with Gasteiger partial charge in [-0.25, -0.2) is 9.78 Å². The van der Waals surface area contributed by atoms with Gasteiger partial charge in [-0.2, -0.15) is 0 Å². The van der Waals surface area contributed by atoms with Crippen molar-refractivity contribution in [3.8, 4) is 0 Å². The van der Waals surface area contributed by atoms with Crippen LogP contribution in [-0.4, -0.2) is 37.7 Å². The highest BCUT2D eigenvalue weighted by atomic mass is 16.5. The Bertz CT molecular complexity index is 823. The van der Waals surface area contributed by atoms with Gasteiger partial charge < -0.3 is 14.2 Å². The molecule has 0 bridgehead atoms. The largest absolute Gasteiger partial charge is 0.477 e. The van der Waals surface area contributed by atoms with Gasteiger partial charge in [0.2, 0.25) is 0 Å². The van der Waals surface area contributed by atoms with Crippen molar-refractivity contribution in [1.82, 2.24) is 19.6 Å². The molecule has 0 fully saturated rings. The molecule has 0 amide bonds. The molecule has 120 valence electrons. The zero-order valence-electron chi connectivity index (χ0n) is 13.1. The number of aromatic carboxylic acids is 1. The number of carboxylic acids is 1. The lowest BCUT2D eigenvalue weighted by Crippen LogP contribution is -2.17. The molecule has 0 aromatic carbocycles. The van der Waals surface area contributed by atoms with Crippen LogP contribution in [0.5, 0.6) is 0 Å². The second-order valence-corrected chi connectivity index (χ2v) is 5.50. The van der Waals surface area contributed by atoms with Crippen molar-refractivity contribution < 1.29 is 14.4 Å². The number of carbonyl (C=O) groups is 1. The smallest absolute Gasteiger partial charge is 0.354 e. The molecule has 0 aliphatic heterocycles. The molecule has 3 rings (SSSR count). The van der Waals surface area contributed by atoms with Crippen molar-refractivity contribution in [2.24, 2.45) is 0 Å². The molecule has 0 atom stereocenters. The third kappa shape index (κ3) is 3.09. The summed E-state index contributed by atoms with van der Waals surface area (Å²) in [4.78, 5) is 17.3. The molecule has 3 aromatic rings. The van der Waals surface area contributed by atoms with E-state index in [0.29, 0.717) is 13.1 Å². The zero-order valence-corrected chi connectivity index (χ0v) is 13.1. The molecule has 7 heteroatoms. The second-order valence-electron chi connectivity index (χ2n) is 5.50. The van der Waals surface area contributed by atoms with Crippen LogP contribution in [0.2, 0.25) is 0 Å². The Morgan fingerprint density at radius 3 is 2.91 bits per heavy atom. The van der Waals surface area contributed by atoms with Crippen LogP contribution < -0.4 is 0 Å². The maximum atomic E-state index is 11.2. The number of nitrogens with zero attached hydrogens (tertiary/aromatic N) is 4. The molecule has 0 saturated heterocycles. The quantitative estimate of drug-likeness (QED) is 0.752. The summed E-state index contributed by atoms with van der Waals surface area (Å²) in [5.74, 6) is -1.02. The molecule has 0 aliphatic rings. The van der Waals surface area contributed by atoms with Gasteiger partial charge >= 0.3 is 5.97 Å². The van der Waals surface area contributed by atoms with Crippen LogP contribution in [0.1, 0.15) is 28.7 Å². The minimum atomic E-state index is -1.02. The number of rotatable bonds is 6. The molecule has 3 heterocycles. The van der Waals surface area contributed by atoms with Crippen molar-refractivity contribution in [2.75, 3.05) is 7.05 Å². The van der Waals surface area contributed by atoms with Crippen LogP contribution in [0.3, 0.4) is 0 Å². The third-order valence-electron chi connectivity index (χ3n) is 3.77. The first kappa shape index (κ1) is 15.2. The van der Waals surface area contributed by atoms with Crippen molar-refractivity contribution in [3.63, 3.8) is 0 Å². The maximum absolute atomic E-state index is 11.2. The normalized spacial score (nSPS) is 11.4. The summed E-state index contributed by atoms with van der Waals surface area (Å²) in [6.45, 7) is 4.19. The summed E-state index contributed by atoms with van der Waals surface area (Å²) < 4.78 is 6.92. The number of aryl methyl sites for hydroxylation is 1. The molecule has 3 aromatic heterocycles. The van der Waals surface area contributed by atoms with Gasteiger partial charge in [0.05, 0.1) is 17.4 Å². The summed E-state index contributed by atoms with van der Waals surface area (Å²) in [5, 5.41) is 14.0. The zero-order chi connectivity index (χ0) is 16.4. The highest BCUT2D eigenvalue weighted by Crippen LogP contribution is 2.23. The fourth-order valence-electron chi connectivity index (χ4n) is 2.71. The Balaban J connectivity index is 1.92. The number of pyridine rings is 1. The molecule has 0 aliphatic carbocycles. The summed E-state index contributed by atoms with van der Waals surface area (Å²) >= 11 is 0. The lowest BCUT2D eigenvalue weighted by Gasteiger charge is -2.14. The van der Waals surface area contributed by atoms with Crippen molar-refractivity contribution in [1.29, 1.82) is 0 Å². The number of aromatic nitrogens is 3. The van der Waals surface area contributed by atoms with E-state index in [4.69, 9.17) is 9.63 Å². The van der Waals surface area contributed by atoms with Gasteiger partial charge in [0.25, 0.3) is 0 Å². The van der Waals surface area contributed by atoms with Gasteiger partial charge in [0, 0.05) is 37.3 Å². The highest BCUT2D eigenvalue weighted by Gasteiger charge is 2.14. The minimum absolute atomic E-state index is 0.0618. The number of carboxylic acid groups (broad SMARTS) is 1. The van der Waals surface area contributed by atoms with Crippen LogP contribution in [0.15, 0.2) is 35.3 Å². The topological polar surface area (TPSA) is 84.4 Å². The van der Waals surface area contributed by atoms with E-state index in [1.165, 1.54) is 0 Å². The van der Waals surface area contributed by atoms with E-state index in [0.717, 1.165) is 28.7 Å². The monoisotopic (exact) mass is 314 g/mol. The van der Waals surface area contributed by atoms with Crippen LogP contribution >= 0.6 is 0 Å². The van der Waals surface area contributed by atoms with Gasteiger partial charge in [-0.05, 0) is 25.6 Å². The summed E-state index contributed by atoms with van der Waals surface area (Å²) in [5.41, 5.74) is 2.94. The Morgan fingerprint density at radius 1 is 1.43 bits per heavy atom. The second kappa shape index (κ2) is 6.21. The molecule has 0 unspecified atom stereocenters. The molecular weight excluding hydrogens is 296 g/mol. The lowest BCUT2D eigenvalue weighted by atomic mass is 10.1. The molecule has 0 saturated carbocycles. The molecule has 1 N–H and O–H groups in total. The van der Waals surface area contributed by atoms with Crippen molar-refractivity contribution in [2.45, 2.75) is 26.6 Å². The third-order valence-corrected chi connectivity index (χ3v) is 3.77. The Labute approximate surface area is 133 Å². The number of hydrogen-bond acceptors (Lipinski definition) is 5. The first-order valence-corrected chi connectivity index (χ1v) is 7.37. The lowest BCUT2D eigenvalue weighted by molar-refractivity contribution is 0.0690. The number of hydrogen-bond donors (Lipinski definition) is 1. The van der Waals surface area contributed by atoms with Gasteiger partial charge in [-0.1, -0.05) is 5.16 Å². The summed E-state index contributed by atoms with van der Waals surface area (Å²) in [6, 6.07) is 3.47. The fraction of sp³-hybridized carbons (Fsp3) is 0.312. The maximum Gasteiger partial charge on any atom is 0.354 e. The van der Waals surface area contributed by atoms with E-state index in [9.17, 15) is 4.79 Å². The standard InChI is InChI=1S/C16H18N4O3/c1-3-20-9-11(8-19(2)10-12-4-5-23-18-12)13-6-14(16(21)22)17-7-15(13)20/h4-7,9H,3,8,10H2,1-2H3,(H,21,22). The first-order chi connectivity index (χ1) is 11.1. The van der Waals surface area contributed by atoms with E-state index in [-0.39, 0.29) is 5.69 Å². The van der Waals surface area contributed by atoms with Gasteiger partial charge in [-0.3, -0.25) is 4.90 Å². The summed E-state index contributed by atoms with van der Waals surface area (Å²) in [6.07, 6.45) is 5.23. The Hall–Kier alpha value is -2.67. The van der Waals surface area contributed by atoms with Crippen LogP contribution in [0.25, 0.3) is 10.9 Å². The van der Waals surface area contributed by atoms with Crippen LogP contribution in [0, 0.1) is 0 Å². The van der Waals surface area contributed by atoms with Crippen LogP contribution in [-0.2, 0) is 19.6 Å². The molecule has 0 radical (unpaired) electrons. The van der Waals surface area contributed by atoms with Crippen molar-refractivity contribution >= 4 is 16.9 Å². The predicted molar refractivity (Wildman–Crippen MR) is 84.0 cm³/mol. The van der Waals surface area contributed by atoms with E-state index in [1.54, 1.807) is 18.5 Å². The highest BCUT2D eigenvalue weighted by molar-refractivity contribution is 5.92. The number of fused-ring (bicyclic) bond motifs is 1. The van der Waals surface area contributed by atoms with Gasteiger partial charge in [0.1, 0.15) is 12.0 Å². The Kier molecular flexibility index (Phi) is 4.12. The van der Waals surface area contributed by atoms with Crippen molar-refractivity contribution in [3.05, 3.63) is 47.7 Å². The van der Waals surface area contributed by atoms with E-state index in [1.807, 2.05) is 20.0 Å². The van der Waals surface area contributed by atoms with E-state index < -0.39 is 5.97 Å². The summed E-state index contributed by atoms with van der Waals surface area (Å²) in [7, 11) is 1.99. The van der Waals surface area contributed by atoms with E-state index >= 15 is 0 Å². The SMILES string of the molecule is CCn1cc(CN(C)Cc2ccon2)c2cc(C(=O)O)ncc21. The van der Waals surface area contributed by atoms with E-state index in [2.05, 4.69) is 25.8 Å². The minimum Gasteiger partial charge on any atom is -0.477 e. The Morgan fingerprint density at radius 2 is 2.26 bits per heavy atom. The molecular formula is C16H18N4O3. The molecule has 7 nitrogen and oxygen atoms in total. The average Bonchev–Trinajstić information content (AvgIpc) is 3.14. The van der Waals surface area contributed by atoms with Crippen LogP contribution in [0.4, 0.5) is 0 Å². The molecule has 0 spiro atoms. The van der Waals surface area contributed by atoms with Gasteiger partial charge in [0.15, 0.2) is 0 Å². The average molecular weight is 314 g/mol. The van der Waals surface area contributed by atoms with Gasteiger partial charge in [-0.15, -0.1) is 0 Å². The molecule has 23 heavy (non-hydrogen) atoms.